The molecule has 2 aromatic rings. The van der Waals surface area contributed by atoms with Crippen LogP contribution in [0.25, 0.3) is 0 Å². The van der Waals surface area contributed by atoms with Crippen LogP contribution in [0.2, 0.25) is 0 Å². The number of carbonyl (C=O) groups excluding carboxylic acids is 1. The van der Waals surface area contributed by atoms with E-state index in [0.717, 1.165) is 5.69 Å². The lowest BCUT2D eigenvalue weighted by Gasteiger charge is -1.95. The summed E-state index contributed by atoms with van der Waals surface area (Å²) >= 11 is 2.72. The second-order valence-corrected chi connectivity index (χ2v) is 4.34. The van der Waals surface area contributed by atoms with E-state index in [1.54, 1.807) is 11.6 Å². The summed E-state index contributed by atoms with van der Waals surface area (Å²) in [5.41, 5.74) is 0.907. The minimum Gasteiger partial charge on any atom is -0.296 e. The second-order valence-electron chi connectivity index (χ2n) is 2.59. The van der Waals surface area contributed by atoms with E-state index in [4.69, 9.17) is 0 Å². The lowest BCUT2D eigenvalue weighted by atomic mass is 10.6. The van der Waals surface area contributed by atoms with Crippen LogP contribution in [0.3, 0.4) is 0 Å². The molecule has 0 saturated heterocycles. The van der Waals surface area contributed by atoms with Gasteiger partial charge in [-0.15, -0.1) is 22.7 Å². The Kier molecular flexibility index (Phi) is 2.55. The van der Waals surface area contributed by atoms with Gasteiger partial charge in [0, 0.05) is 17.0 Å². The van der Waals surface area contributed by atoms with Crippen molar-refractivity contribution in [2.75, 3.05) is 5.32 Å². The number of nitrogens with zero attached hydrogens (tertiary/aromatic N) is 2. The third-order valence-corrected chi connectivity index (χ3v) is 3.11. The smallest absolute Gasteiger partial charge is 0.286 e. The van der Waals surface area contributed by atoms with Crippen LogP contribution in [0.5, 0.6) is 0 Å². The number of thiazole rings is 2. The summed E-state index contributed by atoms with van der Waals surface area (Å²) in [7, 11) is 0. The molecule has 14 heavy (non-hydrogen) atoms. The van der Waals surface area contributed by atoms with Gasteiger partial charge in [-0.3, -0.25) is 10.1 Å². The normalized spacial score (nSPS) is 10.1. The molecular formula is C8H7N3OS2. The Labute approximate surface area is 88.6 Å². The molecule has 0 atom stereocenters. The van der Waals surface area contributed by atoms with Crippen molar-refractivity contribution < 1.29 is 4.79 Å². The van der Waals surface area contributed by atoms with E-state index in [9.17, 15) is 4.79 Å². The molecular weight excluding hydrogens is 218 g/mol. The Morgan fingerprint density at radius 2 is 2.36 bits per heavy atom. The van der Waals surface area contributed by atoms with E-state index in [1.807, 2.05) is 12.3 Å². The summed E-state index contributed by atoms with van der Waals surface area (Å²) in [5, 5.41) is 7.40. The van der Waals surface area contributed by atoms with Gasteiger partial charge in [0.25, 0.3) is 5.91 Å². The van der Waals surface area contributed by atoms with Gasteiger partial charge in [-0.2, -0.15) is 0 Å². The Morgan fingerprint density at radius 3 is 2.93 bits per heavy atom. The van der Waals surface area contributed by atoms with Crippen LogP contribution in [0.4, 0.5) is 5.13 Å². The number of aryl methyl sites for hydroxylation is 1. The van der Waals surface area contributed by atoms with Crippen molar-refractivity contribution in [1.82, 2.24) is 9.97 Å². The maximum absolute atomic E-state index is 11.5. The lowest BCUT2D eigenvalue weighted by Crippen LogP contribution is -2.10. The van der Waals surface area contributed by atoms with Crippen LogP contribution < -0.4 is 5.32 Å². The Bertz CT molecular complexity index is 435. The molecule has 0 saturated carbocycles. The van der Waals surface area contributed by atoms with Crippen molar-refractivity contribution >= 4 is 33.7 Å². The molecule has 0 spiro atoms. The average Bonchev–Trinajstić information content (AvgIpc) is 2.75. The topological polar surface area (TPSA) is 54.9 Å². The maximum Gasteiger partial charge on any atom is 0.286 e. The first-order valence-corrected chi connectivity index (χ1v) is 5.64. The maximum atomic E-state index is 11.5. The van der Waals surface area contributed by atoms with Crippen LogP contribution >= 0.6 is 22.7 Å². The largest absolute Gasteiger partial charge is 0.296 e. The Morgan fingerprint density at radius 1 is 1.50 bits per heavy atom. The number of hydrogen-bond acceptors (Lipinski definition) is 5. The number of amides is 1. The van der Waals surface area contributed by atoms with Gasteiger partial charge in [-0.25, -0.2) is 9.97 Å². The zero-order chi connectivity index (χ0) is 9.97. The molecule has 0 aliphatic carbocycles. The third-order valence-electron chi connectivity index (χ3n) is 1.47. The van der Waals surface area contributed by atoms with E-state index in [2.05, 4.69) is 15.3 Å². The minimum absolute atomic E-state index is 0.200. The predicted molar refractivity (Wildman–Crippen MR) is 56.9 cm³/mol. The number of nitrogens with one attached hydrogen (secondary N) is 1. The lowest BCUT2D eigenvalue weighted by molar-refractivity contribution is 0.102. The molecule has 4 nitrogen and oxygen atoms in total. The molecule has 1 amide bonds. The van der Waals surface area contributed by atoms with Gasteiger partial charge in [-0.05, 0) is 6.92 Å². The van der Waals surface area contributed by atoms with Gasteiger partial charge in [0.2, 0.25) is 0 Å². The van der Waals surface area contributed by atoms with Gasteiger partial charge in [0.1, 0.15) is 0 Å². The van der Waals surface area contributed by atoms with Gasteiger partial charge < -0.3 is 0 Å². The summed E-state index contributed by atoms with van der Waals surface area (Å²) in [5.74, 6) is -0.200. The molecule has 0 fully saturated rings. The predicted octanol–water partition coefficient (Wildman–Crippen LogP) is 2.16. The van der Waals surface area contributed by atoms with Gasteiger partial charge >= 0.3 is 0 Å². The average molecular weight is 225 g/mol. The highest BCUT2D eigenvalue weighted by Gasteiger charge is 2.09. The van der Waals surface area contributed by atoms with E-state index in [-0.39, 0.29) is 5.91 Å². The molecule has 0 aromatic carbocycles. The van der Waals surface area contributed by atoms with Crippen LogP contribution in [0, 0.1) is 6.92 Å². The van der Waals surface area contributed by atoms with Crippen LogP contribution in [0.1, 0.15) is 15.5 Å². The summed E-state index contributed by atoms with van der Waals surface area (Å²) < 4.78 is 0. The monoisotopic (exact) mass is 225 g/mol. The number of hydrogen-bond donors (Lipinski definition) is 1. The van der Waals surface area contributed by atoms with Gasteiger partial charge in [-0.1, -0.05) is 0 Å². The quantitative estimate of drug-likeness (QED) is 0.852. The molecule has 0 unspecified atom stereocenters. The minimum atomic E-state index is -0.200. The van der Waals surface area contributed by atoms with Gasteiger partial charge in [0.15, 0.2) is 10.1 Å². The molecule has 0 bridgehead atoms. The van der Waals surface area contributed by atoms with Crippen molar-refractivity contribution in [3.63, 3.8) is 0 Å². The van der Waals surface area contributed by atoms with Crippen molar-refractivity contribution in [2.45, 2.75) is 6.92 Å². The van der Waals surface area contributed by atoms with Crippen molar-refractivity contribution in [1.29, 1.82) is 0 Å². The molecule has 2 rings (SSSR count). The third kappa shape index (κ3) is 1.97. The molecule has 0 aliphatic rings. The molecule has 1 N–H and O–H groups in total. The summed E-state index contributed by atoms with van der Waals surface area (Å²) in [6, 6.07) is 0. The zero-order valence-corrected chi connectivity index (χ0v) is 8.98. The number of carbonyl (C=O) groups is 1. The first-order valence-electron chi connectivity index (χ1n) is 3.88. The summed E-state index contributed by atoms with van der Waals surface area (Å²) in [6.07, 6.45) is 1.60. The van der Waals surface area contributed by atoms with E-state index in [0.29, 0.717) is 10.1 Å². The fourth-order valence-electron chi connectivity index (χ4n) is 0.898. The Hall–Kier alpha value is -1.27. The second kappa shape index (κ2) is 3.85. The number of anilines is 1. The van der Waals surface area contributed by atoms with Crippen LogP contribution in [-0.2, 0) is 0 Å². The first kappa shape index (κ1) is 9.29. The van der Waals surface area contributed by atoms with Crippen molar-refractivity contribution in [3.8, 4) is 0 Å². The molecule has 6 heteroatoms. The summed E-state index contributed by atoms with van der Waals surface area (Å²) in [4.78, 5) is 19.5. The van der Waals surface area contributed by atoms with E-state index < -0.39 is 0 Å². The zero-order valence-electron chi connectivity index (χ0n) is 7.35. The van der Waals surface area contributed by atoms with E-state index in [1.165, 1.54) is 22.7 Å². The first-order chi connectivity index (χ1) is 6.75. The highest BCUT2D eigenvalue weighted by atomic mass is 32.1. The van der Waals surface area contributed by atoms with Gasteiger partial charge in [0.05, 0.1) is 5.69 Å². The fraction of sp³-hybridized carbons (Fsp3) is 0.125. The highest BCUT2D eigenvalue weighted by Crippen LogP contribution is 2.16. The fourth-order valence-corrected chi connectivity index (χ4v) is 2.11. The molecule has 2 aromatic heterocycles. The number of aromatic nitrogens is 2. The molecule has 72 valence electrons. The van der Waals surface area contributed by atoms with Crippen LogP contribution in [0.15, 0.2) is 17.0 Å². The summed E-state index contributed by atoms with van der Waals surface area (Å²) in [6.45, 7) is 1.88. The molecule has 0 aliphatic heterocycles. The molecule has 2 heterocycles. The van der Waals surface area contributed by atoms with Crippen molar-refractivity contribution in [3.05, 3.63) is 27.7 Å². The molecule has 0 radical (unpaired) electrons. The Balaban J connectivity index is 2.09. The SMILES string of the molecule is Cc1csc(NC(=O)c2nccs2)n1. The van der Waals surface area contributed by atoms with Crippen LogP contribution in [-0.4, -0.2) is 15.9 Å². The van der Waals surface area contributed by atoms with Crippen molar-refractivity contribution in [2.24, 2.45) is 0 Å². The standard InChI is InChI=1S/C8H7N3OS2/c1-5-4-14-8(10-5)11-6(12)7-9-2-3-13-7/h2-4H,1H3,(H,10,11,12). The van der Waals surface area contributed by atoms with E-state index >= 15 is 0 Å². The highest BCUT2D eigenvalue weighted by molar-refractivity contribution is 7.14. The number of rotatable bonds is 2.